The van der Waals surface area contributed by atoms with Crippen LogP contribution in [-0.2, 0) is 14.3 Å². The third-order valence-electron chi connectivity index (χ3n) is 3.28. The average Bonchev–Trinajstić information content (AvgIpc) is 2.26. The van der Waals surface area contributed by atoms with E-state index in [9.17, 15) is 9.59 Å². The van der Waals surface area contributed by atoms with E-state index >= 15 is 0 Å². The van der Waals surface area contributed by atoms with E-state index in [0.717, 1.165) is 19.3 Å². The molecule has 0 heterocycles. The highest BCUT2D eigenvalue weighted by Crippen LogP contribution is 2.29. The summed E-state index contributed by atoms with van der Waals surface area (Å²) < 4.78 is 4.86. The van der Waals surface area contributed by atoms with Crippen molar-refractivity contribution in [1.82, 2.24) is 0 Å². The number of hydrogen-bond donors (Lipinski definition) is 0. The van der Waals surface area contributed by atoms with Gasteiger partial charge in [0, 0.05) is 20.0 Å². The number of carbonyl (C=O) groups is 2. The lowest BCUT2D eigenvalue weighted by atomic mass is 9.77. The van der Waals surface area contributed by atoms with Gasteiger partial charge in [-0.3, -0.25) is 9.59 Å². The fourth-order valence-electron chi connectivity index (χ4n) is 2.16. The van der Waals surface area contributed by atoms with Crippen LogP contribution in [0, 0.1) is 11.8 Å². The van der Waals surface area contributed by atoms with Gasteiger partial charge in [0.05, 0.1) is 12.5 Å². The predicted octanol–water partition coefficient (Wildman–Crippen LogP) is 1.99. The number of ketones is 2. The monoisotopic (exact) mass is 212 g/mol. The first-order valence-electron chi connectivity index (χ1n) is 5.73. The summed E-state index contributed by atoms with van der Waals surface area (Å²) in [5.41, 5.74) is 0. The zero-order chi connectivity index (χ0) is 11.3. The van der Waals surface area contributed by atoms with Crippen LogP contribution < -0.4 is 0 Å². The predicted molar refractivity (Wildman–Crippen MR) is 57.6 cm³/mol. The zero-order valence-corrected chi connectivity index (χ0v) is 9.62. The second kappa shape index (κ2) is 6.01. The van der Waals surface area contributed by atoms with Crippen molar-refractivity contribution in [3.8, 4) is 0 Å². The van der Waals surface area contributed by atoms with Crippen LogP contribution in [0.25, 0.3) is 0 Å². The van der Waals surface area contributed by atoms with Gasteiger partial charge in [-0.15, -0.1) is 0 Å². The Morgan fingerprint density at radius 1 is 1.53 bits per heavy atom. The molecule has 0 saturated heterocycles. The van der Waals surface area contributed by atoms with E-state index in [0.29, 0.717) is 25.4 Å². The molecule has 0 radical (unpaired) electrons. The summed E-state index contributed by atoms with van der Waals surface area (Å²) in [6.07, 6.45) is 3.76. The lowest BCUT2D eigenvalue weighted by Gasteiger charge is -2.26. The Labute approximate surface area is 91.2 Å². The highest BCUT2D eigenvalue weighted by molar-refractivity contribution is 6.02. The molecule has 0 spiro atoms. The molecule has 1 aliphatic carbocycles. The molecule has 0 bridgehead atoms. The molecule has 3 heteroatoms. The molecule has 0 aliphatic heterocycles. The van der Waals surface area contributed by atoms with Crippen molar-refractivity contribution in [1.29, 1.82) is 0 Å². The summed E-state index contributed by atoms with van der Waals surface area (Å²) in [6.45, 7) is 2.55. The molecule has 86 valence electrons. The van der Waals surface area contributed by atoms with Gasteiger partial charge in [-0.25, -0.2) is 0 Å². The summed E-state index contributed by atoms with van der Waals surface area (Å²) in [5.74, 6) is 0.429. The molecule has 2 unspecified atom stereocenters. The Morgan fingerprint density at radius 2 is 2.27 bits per heavy atom. The van der Waals surface area contributed by atoms with E-state index in [2.05, 4.69) is 6.92 Å². The van der Waals surface area contributed by atoms with E-state index in [1.165, 1.54) is 0 Å². The van der Waals surface area contributed by atoms with E-state index in [1.54, 1.807) is 7.11 Å². The molecule has 0 aromatic heterocycles. The maximum atomic E-state index is 11.7. The topological polar surface area (TPSA) is 43.4 Å². The molecule has 3 nitrogen and oxygen atoms in total. The van der Waals surface area contributed by atoms with Crippen LogP contribution in [-0.4, -0.2) is 25.3 Å². The lowest BCUT2D eigenvalue weighted by Crippen LogP contribution is -2.31. The SMILES string of the molecule is CCC1CCC(=O)C(C(=O)CCOC)C1. The number of ether oxygens (including phenoxy) is 1. The summed E-state index contributed by atoms with van der Waals surface area (Å²) in [6, 6.07) is 0. The minimum absolute atomic E-state index is 0.0694. The maximum Gasteiger partial charge on any atom is 0.145 e. The first kappa shape index (κ1) is 12.4. The Morgan fingerprint density at radius 3 is 2.87 bits per heavy atom. The quantitative estimate of drug-likeness (QED) is 0.654. The Balaban J connectivity index is 2.49. The van der Waals surface area contributed by atoms with Crippen LogP contribution in [0.3, 0.4) is 0 Å². The zero-order valence-electron chi connectivity index (χ0n) is 9.62. The summed E-state index contributed by atoms with van der Waals surface area (Å²) in [7, 11) is 1.57. The van der Waals surface area contributed by atoms with E-state index < -0.39 is 0 Å². The Kier molecular flexibility index (Phi) is 4.95. The van der Waals surface area contributed by atoms with Crippen LogP contribution in [0.1, 0.15) is 39.0 Å². The number of methoxy groups -OCH3 is 1. The third-order valence-corrected chi connectivity index (χ3v) is 3.28. The number of Topliss-reactive ketones (excluding diaryl/α,β-unsaturated/α-hetero) is 2. The molecule has 1 saturated carbocycles. The van der Waals surface area contributed by atoms with Crippen molar-refractivity contribution in [3.05, 3.63) is 0 Å². The van der Waals surface area contributed by atoms with Gasteiger partial charge in [0.25, 0.3) is 0 Å². The Bertz CT molecular complexity index is 235. The van der Waals surface area contributed by atoms with Gasteiger partial charge >= 0.3 is 0 Å². The Hall–Kier alpha value is -0.700. The lowest BCUT2D eigenvalue weighted by molar-refractivity contribution is -0.135. The van der Waals surface area contributed by atoms with Gasteiger partial charge in [0.15, 0.2) is 0 Å². The van der Waals surface area contributed by atoms with Crippen molar-refractivity contribution in [3.63, 3.8) is 0 Å². The molecule has 1 rings (SSSR count). The van der Waals surface area contributed by atoms with Gasteiger partial charge < -0.3 is 4.74 Å². The molecular formula is C12H20O3. The second-order valence-electron chi connectivity index (χ2n) is 4.28. The maximum absolute atomic E-state index is 11.7. The van der Waals surface area contributed by atoms with Crippen LogP contribution in [0.15, 0.2) is 0 Å². The van der Waals surface area contributed by atoms with Crippen molar-refractivity contribution in [2.24, 2.45) is 11.8 Å². The van der Waals surface area contributed by atoms with Gasteiger partial charge in [-0.05, 0) is 18.8 Å². The molecule has 0 aromatic rings. The van der Waals surface area contributed by atoms with Crippen LogP contribution in [0.4, 0.5) is 0 Å². The molecule has 0 amide bonds. The first-order valence-corrected chi connectivity index (χ1v) is 5.73. The van der Waals surface area contributed by atoms with Gasteiger partial charge in [0.1, 0.15) is 11.6 Å². The fourth-order valence-corrected chi connectivity index (χ4v) is 2.16. The smallest absolute Gasteiger partial charge is 0.145 e. The molecular weight excluding hydrogens is 192 g/mol. The minimum atomic E-state index is -0.334. The largest absolute Gasteiger partial charge is 0.384 e. The van der Waals surface area contributed by atoms with Gasteiger partial charge in [-0.1, -0.05) is 13.3 Å². The third kappa shape index (κ3) is 3.42. The normalized spacial score (nSPS) is 26.7. The standard InChI is InChI=1S/C12H20O3/c1-3-9-4-5-11(13)10(8-9)12(14)6-7-15-2/h9-10H,3-8H2,1-2H3. The minimum Gasteiger partial charge on any atom is -0.384 e. The molecule has 15 heavy (non-hydrogen) atoms. The fraction of sp³-hybridized carbons (Fsp3) is 0.833. The molecule has 2 atom stereocenters. The summed E-state index contributed by atoms with van der Waals surface area (Å²) >= 11 is 0. The van der Waals surface area contributed by atoms with Crippen LogP contribution in [0.5, 0.6) is 0 Å². The van der Waals surface area contributed by atoms with Gasteiger partial charge in [-0.2, -0.15) is 0 Å². The van der Waals surface area contributed by atoms with Gasteiger partial charge in [0.2, 0.25) is 0 Å². The van der Waals surface area contributed by atoms with Crippen molar-refractivity contribution >= 4 is 11.6 Å². The molecule has 1 aliphatic rings. The highest BCUT2D eigenvalue weighted by atomic mass is 16.5. The van der Waals surface area contributed by atoms with Crippen molar-refractivity contribution in [2.75, 3.05) is 13.7 Å². The number of rotatable bonds is 5. The second-order valence-corrected chi connectivity index (χ2v) is 4.28. The van der Waals surface area contributed by atoms with Crippen LogP contribution >= 0.6 is 0 Å². The average molecular weight is 212 g/mol. The molecule has 0 N–H and O–H groups in total. The van der Waals surface area contributed by atoms with E-state index in [1.807, 2.05) is 0 Å². The summed E-state index contributed by atoms with van der Waals surface area (Å²) in [4.78, 5) is 23.3. The summed E-state index contributed by atoms with van der Waals surface area (Å²) in [5, 5.41) is 0. The van der Waals surface area contributed by atoms with Crippen molar-refractivity contribution in [2.45, 2.75) is 39.0 Å². The van der Waals surface area contributed by atoms with Crippen LogP contribution in [0.2, 0.25) is 0 Å². The molecule has 1 fully saturated rings. The van der Waals surface area contributed by atoms with Crippen molar-refractivity contribution < 1.29 is 14.3 Å². The highest BCUT2D eigenvalue weighted by Gasteiger charge is 2.32. The van der Waals surface area contributed by atoms with E-state index in [-0.39, 0.29) is 17.5 Å². The van der Waals surface area contributed by atoms with E-state index in [4.69, 9.17) is 4.74 Å². The molecule has 0 aromatic carbocycles. The number of hydrogen-bond acceptors (Lipinski definition) is 3. The number of carbonyl (C=O) groups excluding carboxylic acids is 2. The first-order chi connectivity index (χ1) is 7.19.